The third-order valence-corrected chi connectivity index (χ3v) is 6.63. The van der Waals surface area contributed by atoms with Crippen LogP contribution in [0.1, 0.15) is 49.5 Å². The number of halogens is 1. The summed E-state index contributed by atoms with van der Waals surface area (Å²) in [5, 5.41) is 2.86. The molecule has 0 saturated carbocycles. The lowest BCUT2D eigenvalue weighted by Gasteiger charge is -2.36. The highest BCUT2D eigenvalue weighted by atomic mass is 19.1. The van der Waals surface area contributed by atoms with E-state index in [0.717, 1.165) is 18.5 Å². The molecular formula is C28H38FN3O4. The van der Waals surface area contributed by atoms with Gasteiger partial charge in [0.25, 0.3) is 5.91 Å². The highest BCUT2D eigenvalue weighted by Gasteiger charge is 2.28. The summed E-state index contributed by atoms with van der Waals surface area (Å²) >= 11 is 0. The second kappa shape index (κ2) is 12.8. The first-order valence-electron chi connectivity index (χ1n) is 12.5. The normalized spacial score (nSPS) is 21.7. The average Bonchev–Trinajstić information content (AvgIpc) is 2.86. The number of amides is 2. The van der Waals surface area contributed by atoms with Crippen LogP contribution < -0.4 is 10.1 Å². The molecule has 196 valence electrons. The summed E-state index contributed by atoms with van der Waals surface area (Å²) in [5.74, 6) is 0.0438. The number of hydrogen-bond acceptors (Lipinski definition) is 5. The zero-order valence-corrected chi connectivity index (χ0v) is 21.9. The Labute approximate surface area is 213 Å². The predicted octanol–water partition coefficient (Wildman–Crippen LogP) is 4.57. The van der Waals surface area contributed by atoms with Gasteiger partial charge in [0, 0.05) is 51.9 Å². The molecule has 1 aliphatic rings. The van der Waals surface area contributed by atoms with Gasteiger partial charge < -0.3 is 19.7 Å². The van der Waals surface area contributed by atoms with Crippen molar-refractivity contribution in [3.05, 3.63) is 59.4 Å². The standard InChI is InChI=1S/C28H38FN3O4/c1-6-7-27(33)30-23-12-13-25-24(14-23)28(34)31(4)17-26(35-5)19(2)15-32(20(3)18-36-25)16-21-8-10-22(29)11-9-21/h8-14,19-20,26H,6-7,15-18H2,1-5H3,(H,30,33)/t19-,20+,26-/m1/s1. The lowest BCUT2D eigenvalue weighted by Crippen LogP contribution is -2.46. The van der Waals surface area contributed by atoms with Crippen molar-refractivity contribution in [2.45, 2.75) is 52.3 Å². The van der Waals surface area contributed by atoms with Crippen molar-refractivity contribution >= 4 is 17.5 Å². The number of nitrogens with one attached hydrogen (secondary N) is 1. The quantitative estimate of drug-likeness (QED) is 0.631. The minimum absolute atomic E-state index is 0.0130. The number of benzene rings is 2. The summed E-state index contributed by atoms with van der Waals surface area (Å²) in [7, 11) is 3.41. The molecule has 2 aromatic carbocycles. The molecule has 3 atom stereocenters. The van der Waals surface area contributed by atoms with Crippen molar-refractivity contribution in [2.75, 3.05) is 39.2 Å². The largest absolute Gasteiger partial charge is 0.491 e. The van der Waals surface area contributed by atoms with E-state index in [1.165, 1.54) is 12.1 Å². The van der Waals surface area contributed by atoms with Gasteiger partial charge in [-0.2, -0.15) is 0 Å². The molecule has 2 amide bonds. The second-order valence-electron chi connectivity index (χ2n) is 9.66. The molecule has 0 fully saturated rings. The Hall–Kier alpha value is -2.97. The van der Waals surface area contributed by atoms with E-state index in [9.17, 15) is 14.0 Å². The average molecular weight is 500 g/mol. The highest BCUT2D eigenvalue weighted by Crippen LogP contribution is 2.27. The van der Waals surface area contributed by atoms with Crippen LogP contribution in [0.15, 0.2) is 42.5 Å². The van der Waals surface area contributed by atoms with Gasteiger partial charge in [0.1, 0.15) is 18.2 Å². The molecule has 36 heavy (non-hydrogen) atoms. The first-order valence-corrected chi connectivity index (χ1v) is 12.5. The SMILES string of the molecule is CCCC(=O)Nc1ccc2c(c1)C(=O)N(C)C[C@@H](OC)[C@H](C)CN(Cc1ccc(F)cc1)[C@@H](C)CO2. The molecule has 8 heteroatoms. The molecule has 0 saturated heterocycles. The van der Waals surface area contributed by atoms with Crippen molar-refractivity contribution in [3.63, 3.8) is 0 Å². The first-order chi connectivity index (χ1) is 17.2. The summed E-state index contributed by atoms with van der Waals surface area (Å²) in [6, 6.07) is 11.7. The molecule has 0 bridgehead atoms. The number of nitrogens with zero attached hydrogens (tertiary/aromatic N) is 2. The Kier molecular flexibility index (Phi) is 9.84. The van der Waals surface area contributed by atoms with E-state index in [-0.39, 0.29) is 35.7 Å². The molecule has 3 rings (SSSR count). The number of ether oxygens (including phenoxy) is 2. The topological polar surface area (TPSA) is 71.1 Å². The molecule has 7 nitrogen and oxygen atoms in total. The Morgan fingerprint density at radius 2 is 1.89 bits per heavy atom. The fraction of sp³-hybridized carbons (Fsp3) is 0.500. The van der Waals surface area contributed by atoms with Crippen LogP contribution in [-0.4, -0.2) is 67.6 Å². The Bertz CT molecular complexity index is 1030. The zero-order valence-electron chi connectivity index (χ0n) is 21.9. The molecule has 1 heterocycles. The maximum atomic E-state index is 13.4. The van der Waals surface area contributed by atoms with Crippen molar-refractivity contribution in [2.24, 2.45) is 5.92 Å². The Morgan fingerprint density at radius 1 is 1.17 bits per heavy atom. The Balaban J connectivity index is 1.91. The van der Waals surface area contributed by atoms with Gasteiger partial charge in [0.15, 0.2) is 0 Å². The van der Waals surface area contributed by atoms with Crippen molar-refractivity contribution in [1.29, 1.82) is 0 Å². The summed E-state index contributed by atoms with van der Waals surface area (Å²) in [5.41, 5.74) is 1.97. The number of anilines is 1. The van der Waals surface area contributed by atoms with E-state index in [4.69, 9.17) is 9.47 Å². The van der Waals surface area contributed by atoms with Crippen LogP contribution in [0, 0.1) is 11.7 Å². The third kappa shape index (κ3) is 7.27. The number of likely N-dealkylation sites (N-methyl/N-ethyl adjacent to an activating group) is 1. The molecular weight excluding hydrogens is 461 g/mol. The smallest absolute Gasteiger partial charge is 0.257 e. The Morgan fingerprint density at radius 3 is 2.56 bits per heavy atom. The van der Waals surface area contributed by atoms with E-state index in [0.29, 0.717) is 43.1 Å². The molecule has 0 spiro atoms. The summed E-state index contributed by atoms with van der Waals surface area (Å²) < 4.78 is 25.4. The predicted molar refractivity (Wildman–Crippen MR) is 139 cm³/mol. The van der Waals surface area contributed by atoms with E-state index in [1.54, 1.807) is 49.4 Å². The summed E-state index contributed by atoms with van der Waals surface area (Å²) in [6.07, 6.45) is 0.971. The fourth-order valence-electron chi connectivity index (χ4n) is 4.42. The van der Waals surface area contributed by atoms with Crippen LogP contribution in [0.3, 0.4) is 0 Å². The number of fused-ring (bicyclic) bond motifs is 1. The first kappa shape index (κ1) is 27.6. The maximum absolute atomic E-state index is 13.4. The van der Waals surface area contributed by atoms with Crippen molar-refractivity contribution in [3.8, 4) is 5.75 Å². The third-order valence-electron chi connectivity index (χ3n) is 6.63. The van der Waals surface area contributed by atoms with Crippen LogP contribution in [0.5, 0.6) is 5.75 Å². The minimum Gasteiger partial charge on any atom is -0.491 e. The lowest BCUT2D eigenvalue weighted by atomic mass is 10.0. The van der Waals surface area contributed by atoms with Crippen LogP contribution >= 0.6 is 0 Å². The number of carbonyl (C=O) groups excluding carboxylic acids is 2. The van der Waals surface area contributed by atoms with Gasteiger partial charge in [-0.1, -0.05) is 26.0 Å². The van der Waals surface area contributed by atoms with Gasteiger partial charge in [-0.3, -0.25) is 14.5 Å². The zero-order chi connectivity index (χ0) is 26.2. The van der Waals surface area contributed by atoms with E-state index in [2.05, 4.69) is 24.1 Å². The summed E-state index contributed by atoms with van der Waals surface area (Å²) in [6.45, 7) is 8.25. The molecule has 0 unspecified atom stereocenters. The minimum atomic E-state index is -0.258. The number of carbonyl (C=O) groups is 2. The molecule has 2 aromatic rings. The van der Waals surface area contributed by atoms with Gasteiger partial charge in [-0.15, -0.1) is 0 Å². The van der Waals surface area contributed by atoms with E-state index >= 15 is 0 Å². The fourth-order valence-corrected chi connectivity index (χ4v) is 4.42. The van der Waals surface area contributed by atoms with Crippen LogP contribution in [-0.2, 0) is 16.1 Å². The maximum Gasteiger partial charge on any atom is 0.257 e. The molecule has 0 aromatic heterocycles. The van der Waals surface area contributed by atoms with Crippen molar-refractivity contribution < 1.29 is 23.5 Å². The van der Waals surface area contributed by atoms with Crippen LogP contribution in [0.2, 0.25) is 0 Å². The highest BCUT2D eigenvalue weighted by molar-refractivity contribution is 5.99. The number of methoxy groups -OCH3 is 1. The molecule has 0 aliphatic carbocycles. The van der Waals surface area contributed by atoms with Gasteiger partial charge in [-0.05, 0) is 55.2 Å². The van der Waals surface area contributed by atoms with Gasteiger partial charge in [0.2, 0.25) is 5.91 Å². The van der Waals surface area contributed by atoms with Gasteiger partial charge in [-0.25, -0.2) is 4.39 Å². The monoisotopic (exact) mass is 499 g/mol. The van der Waals surface area contributed by atoms with E-state index in [1.807, 2.05) is 6.92 Å². The van der Waals surface area contributed by atoms with Crippen LogP contribution in [0.4, 0.5) is 10.1 Å². The van der Waals surface area contributed by atoms with Crippen LogP contribution in [0.25, 0.3) is 0 Å². The number of rotatable bonds is 6. The van der Waals surface area contributed by atoms with E-state index < -0.39 is 0 Å². The molecule has 1 N–H and O–H groups in total. The second-order valence-corrected chi connectivity index (χ2v) is 9.66. The van der Waals surface area contributed by atoms with Gasteiger partial charge >= 0.3 is 0 Å². The van der Waals surface area contributed by atoms with Gasteiger partial charge in [0.05, 0.1) is 11.7 Å². The lowest BCUT2D eigenvalue weighted by molar-refractivity contribution is -0.116. The molecule has 0 radical (unpaired) electrons. The summed E-state index contributed by atoms with van der Waals surface area (Å²) in [4.78, 5) is 29.5. The molecule has 1 aliphatic heterocycles. The van der Waals surface area contributed by atoms with Crippen molar-refractivity contribution in [1.82, 2.24) is 9.80 Å². The number of hydrogen-bond donors (Lipinski definition) is 1.